The summed E-state index contributed by atoms with van der Waals surface area (Å²) in [5.74, 6) is 2.15. The Morgan fingerprint density at radius 2 is 1.94 bits per heavy atom. The normalized spacial score (nSPS) is 10.9. The molecule has 0 unspecified atom stereocenters. The molecule has 0 bridgehead atoms. The fraction of sp³-hybridized carbons (Fsp3) is 0.833. The summed E-state index contributed by atoms with van der Waals surface area (Å²) in [4.78, 5) is 0. The van der Waals surface area contributed by atoms with Gasteiger partial charge < -0.3 is 14.8 Å². The molecule has 0 aliphatic heterocycles. The molecule has 3 nitrogen and oxygen atoms in total. The van der Waals surface area contributed by atoms with Gasteiger partial charge in [-0.25, -0.2) is 0 Å². The van der Waals surface area contributed by atoms with Crippen molar-refractivity contribution in [1.29, 1.82) is 0 Å². The average Bonchev–Trinajstić information content (AvgIpc) is 2.28. The van der Waals surface area contributed by atoms with Crippen LogP contribution >= 0.6 is 11.8 Å². The van der Waals surface area contributed by atoms with Crippen LogP contribution in [0.2, 0.25) is 0 Å². The van der Waals surface area contributed by atoms with Gasteiger partial charge in [-0.15, -0.1) is 6.58 Å². The van der Waals surface area contributed by atoms with E-state index in [0.717, 1.165) is 31.0 Å². The Morgan fingerprint density at radius 1 is 1.25 bits per heavy atom. The standard InChI is InChI=1S/C12H25NO2S/c1-4-10-16-11-9-13-8-7-12(14-5-2)15-6-3/h4,12-13H,1,5-11H2,2-3H3. The van der Waals surface area contributed by atoms with Crippen molar-refractivity contribution in [3.05, 3.63) is 12.7 Å². The predicted molar refractivity (Wildman–Crippen MR) is 72.0 cm³/mol. The molecule has 0 saturated heterocycles. The van der Waals surface area contributed by atoms with E-state index in [1.165, 1.54) is 0 Å². The molecule has 0 fully saturated rings. The van der Waals surface area contributed by atoms with Crippen LogP contribution in [0.4, 0.5) is 0 Å². The third-order valence-electron chi connectivity index (χ3n) is 1.92. The van der Waals surface area contributed by atoms with E-state index in [0.29, 0.717) is 13.2 Å². The lowest BCUT2D eigenvalue weighted by Crippen LogP contribution is -2.26. The lowest BCUT2D eigenvalue weighted by atomic mass is 10.4. The molecule has 16 heavy (non-hydrogen) atoms. The van der Waals surface area contributed by atoms with Crippen molar-refractivity contribution in [2.24, 2.45) is 0 Å². The van der Waals surface area contributed by atoms with Gasteiger partial charge >= 0.3 is 0 Å². The molecule has 1 N–H and O–H groups in total. The van der Waals surface area contributed by atoms with Gasteiger partial charge in [-0.2, -0.15) is 11.8 Å². The summed E-state index contributed by atoms with van der Waals surface area (Å²) in [6, 6.07) is 0. The quantitative estimate of drug-likeness (QED) is 0.326. The molecule has 0 rings (SSSR count). The van der Waals surface area contributed by atoms with Crippen LogP contribution in [0.25, 0.3) is 0 Å². The highest BCUT2D eigenvalue weighted by atomic mass is 32.2. The molecule has 0 amide bonds. The third-order valence-corrected chi connectivity index (χ3v) is 2.89. The highest BCUT2D eigenvalue weighted by Crippen LogP contribution is 2.00. The van der Waals surface area contributed by atoms with Gasteiger partial charge in [0, 0.05) is 37.7 Å². The van der Waals surface area contributed by atoms with E-state index >= 15 is 0 Å². The highest BCUT2D eigenvalue weighted by Gasteiger charge is 2.06. The van der Waals surface area contributed by atoms with Crippen molar-refractivity contribution in [2.75, 3.05) is 37.8 Å². The first kappa shape index (κ1) is 16.0. The van der Waals surface area contributed by atoms with Crippen molar-refractivity contribution in [3.8, 4) is 0 Å². The lowest BCUT2D eigenvalue weighted by Gasteiger charge is -2.16. The summed E-state index contributed by atoms with van der Waals surface area (Å²) in [5, 5.41) is 3.38. The van der Waals surface area contributed by atoms with Crippen LogP contribution in [-0.2, 0) is 9.47 Å². The van der Waals surface area contributed by atoms with Gasteiger partial charge in [0.2, 0.25) is 0 Å². The van der Waals surface area contributed by atoms with Gasteiger partial charge in [0.15, 0.2) is 6.29 Å². The Labute approximate surface area is 104 Å². The van der Waals surface area contributed by atoms with Crippen molar-refractivity contribution >= 4 is 11.8 Å². The second-order valence-electron chi connectivity index (χ2n) is 3.24. The summed E-state index contributed by atoms with van der Waals surface area (Å²) in [7, 11) is 0. The first-order valence-electron chi connectivity index (χ1n) is 5.97. The Morgan fingerprint density at radius 3 is 2.50 bits per heavy atom. The highest BCUT2D eigenvalue weighted by molar-refractivity contribution is 7.99. The monoisotopic (exact) mass is 247 g/mol. The van der Waals surface area contributed by atoms with E-state index < -0.39 is 0 Å². The summed E-state index contributed by atoms with van der Waals surface area (Å²) in [6.45, 7) is 11.1. The molecule has 0 spiro atoms. The van der Waals surface area contributed by atoms with E-state index in [-0.39, 0.29) is 6.29 Å². The van der Waals surface area contributed by atoms with Crippen LogP contribution in [0, 0.1) is 0 Å². The topological polar surface area (TPSA) is 30.5 Å². The van der Waals surface area contributed by atoms with Gasteiger partial charge in [0.05, 0.1) is 0 Å². The van der Waals surface area contributed by atoms with Gasteiger partial charge in [-0.05, 0) is 20.4 Å². The van der Waals surface area contributed by atoms with Gasteiger partial charge in [-0.1, -0.05) is 6.08 Å². The Bertz CT molecular complexity index is 150. The number of hydrogen-bond acceptors (Lipinski definition) is 4. The van der Waals surface area contributed by atoms with E-state index in [9.17, 15) is 0 Å². The molecule has 96 valence electrons. The van der Waals surface area contributed by atoms with Crippen molar-refractivity contribution in [3.63, 3.8) is 0 Å². The Hall–Kier alpha value is -0.0300. The molecule has 0 saturated carbocycles. The maximum absolute atomic E-state index is 5.45. The minimum Gasteiger partial charge on any atom is -0.353 e. The van der Waals surface area contributed by atoms with Crippen molar-refractivity contribution in [1.82, 2.24) is 5.32 Å². The van der Waals surface area contributed by atoms with Crippen molar-refractivity contribution < 1.29 is 9.47 Å². The Kier molecular flexibility index (Phi) is 13.0. The molecule has 4 heteroatoms. The molecule has 0 radical (unpaired) electrons. The molecule has 0 aliphatic carbocycles. The molecule has 0 aliphatic rings. The van der Waals surface area contributed by atoms with Crippen LogP contribution in [-0.4, -0.2) is 44.1 Å². The van der Waals surface area contributed by atoms with Crippen molar-refractivity contribution in [2.45, 2.75) is 26.6 Å². The zero-order valence-electron chi connectivity index (χ0n) is 10.5. The number of ether oxygens (including phenoxy) is 2. The first-order valence-corrected chi connectivity index (χ1v) is 7.13. The predicted octanol–water partition coefficient (Wildman–Crippen LogP) is 2.28. The summed E-state index contributed by atoms with van der Waals surface area (Å²) >= 11 is 1.89. The largest absolute Gasteiger partial charge is 0.353 e. The zero-order chi connectivity index (χ0) is 12.1. The molecular weight excluding hydrogens is 222 g/mol. The second kappa shape index (κ2) is 13.0. The summed E-state index contributed by atoms with van der Waals surface area (Å²) in [6.07, 6.45) is 2.79. The fourth-order valence-electron chi connectivity index (χ4n) is 1.24. The van der Waals surface area contributed by atoms with Crippen LogP contribution in [0.15, 0.2) is 12.7 Å². The number of nitrogens with one attached hydrogen (secondary N) is 1. The lowest BCUT2D eigenvalue weighted by molar-refractivity contribution is -0.138. The second-order valence-corrected chi connectivity index (χ2v) is 4.39. The van der Waals surface area contributed by atoms with E-state index in [4.69, 9.17) is 9.47 Å². The van der Waals surface area contributed by atoms with Gasteiger partial charge in [0.1, 0.15) is 0 Å². The third kappa shape index (κ3) is 10.5. The van der Waals surface area contributed by atoms with Crippen LogP contribution in [0.5, 0.6) is 0 Å². The average molecular weight is 247 g/mol. The maximum atomic E-state index is 5.45. The molecule has 0 aromatic heterocycles. The number of thioether (sulfide) groups is 1. The van der Waals surface area contributed by atoms with Crippen LogP contribution in [0.1, 0.15) is 20.3 Å². The van der Waals surface area contributed by atoms with Gasteiger partial charge in [-0.3, -0.25) is 0 Å². The molecule has 0 atom stereocenters. The van der Waals surface area contributed by atoms with Crippen LogP contribution in [0.3, 0.4) is 0 Å². The summed E-state index contributed by atoms with van der Waals surface area (Å²) in [5.41, 5.74) is 0. The smallest absolute Gasteiger partial charge is 0.158 e. The minimum atomic E-state index is -0.0525. The maximum Gasteiger partial charge on any atom is 0.158 e. The zero-order valence-corrected chi connectivity index (χ0v) is 11.4. The fourth-order valence-corrected chi connectivity index (χ4v) is 1.86. The first-order chi connectivity index (χ1) is 7.85. The summed E-state index contributed by atoms with van der Waals surface area (Å²) < 4.78 is 10.9. The van der Waals surface area contributed by atoms with Gasteiger partial charge in [0.25, 0.3) is 0 Å². The van der Waals surface area contributed by atoms with E-state index in [2.05, 4.69) is 11.9 Å². The molecule has 0 heterocycles. The Balaban J connectivity index is 3.28. The number of hydrogen-bond donors (Lipinski definition) is 1. The number of rotatable bonds is 12. The minimum absolute atomic E-state index is 0.0525. The molecular formula is C12H25NO2S. The van der Waals surface area contributed by atoms with Crippen LogP contribution < -0.4 is 5.32 Å². The SMILES string of the molecule is C=CCSCCNCCC(OCC)OCC. The molecule has 0 aromatic carbocycles. The molecule has 0 aromatic rings. The van der Waals surface area contributed by atoms with E-state index in [1.807, 2.05) is 31.7 Å². The van der Waals surface area contributed by atoms with E-state index in [1.54, 1.807) is 0 Å².